The topological polar surface area (TPSA) is 124 Å². The van der Waals surface area contributed by atoms with E-state index in [9.17, 15) is 19.7 Å². The van der Waals surface area contributed by atoms with E-state index in [1.54, 1.807) is 49.4 Å². The van der Waals surface area contributed by atoms with Gasteiger partial charge < -0.3 is 4.74 Å². The summed E-state index contributed by atoms with van der Waals surface area (Å²) in [7, 11) is 0. The highest BCUT2D eigenvalue weighted by molar-refractivity contribution is 5.96. The Morgan fingerprint density at radius 3 is 2.53 bits per heavy atom. The predicted octanol–water partition coefficient (Wildman–Crippen LogP) is 3.28. The molecule has 1 heterocycles. The third-order valence-corrected chi connectivity index (χ3v) is 3.96. The first kappa shape index (κ1) is 20.3. The number of benzene rings is 2. The minimum Gasteiger partial charge on any atom is -0.422 e. The Hall–Kier alpha value is -4.40. The van der Waals surface area contributed by atoms with Gasteiger partial charge in [0.25, 0.3) is 11.6 Å². The summed E-state index contributed by atoms with van der Waals surface area (Å²) in [5, 5.41) is 14.9. The number of esters is 1. The zero-order chi connectivity index (χ0) is 21.5. The standard InChI is InChI=1S/C21H16N4O5/c1-14-7-8-16(12-22-14)20(26)24-23-13-17-11-18(25(28)29)9-10-19(17)30-21(27)15-5-3-2-4-6-15/h2-13H,1H3,(H,24,26)/b23-13-. The molecule has 3 aromatic rings. The molecule has 0 unspecified atom stereocenters. The fourth-order valence-corrected chi connectivity index (χ4v) is 2.40. The highest BCUT2D eigenvalue weighted by atomic mass is 16.6. The summed E-state index contributed by atoms with van der Waals surface area (Å²) in [5.74, 6) is -1.08. The van der Waals surface area contributed by atoms with Crippen molar-refractivity contribution in [3.8, 4) is 5.75 Å². The van der Waals surface area contributed by atoms with Gasteiger partial charge in [0.2, 0.25) is 0 Å². The Bertz CT molecular complexity index is 1110. The van der Waals surface area contributed by atoms with Gasteiger partial charge >= 0.3 is 5.97 Å². The summed E-state index contributed by atoms with van der Waals surface area (Å²) in [4.78, 5) is 38.9. The lowest BCUT2D eigenvalue weighted by Crippen LogP contribution is -2.18. The minimum atomic E-state index is -0.631. The minimum absolute atomic E-state index is 0.0597. The van der Waals surface area contributed by atoms with E-state index in [4.69, 9.17) is 4.74 Å². The number of hydrogen-bond acceptors (Lipinski definition) is 7. The molecule has 0 saturated carbocycles. The zero-order valence-electron chi connectivity index (χ0n) is 15.8. The molecule has 0 aliphatic heterocycles. The third-order valence-electron chi connectivity index (χ3n) is 3.96. The number of ether oxygens (including phenoxy) is 1. The third kappa shape index (κ3) is 5.10. The first-order valence-electron chi connectivity index (χ1n) is 8.76. The maximum absolute atomic E-state index is 12.3. The number of rotatable bonds is 6. The van der Waals surface area contributed by atoms with Gasteiger partial charge in [0.15, 0.2) is 0 Å². The summed E-state index contributed by atoms with van der Waals surface area (Å²) in [6, 6.07) is 15.3. The number of carbonyl (C=O) groups is 2. The second-order valence-electron chi connectivity index (χ2n) is 6.12. The Labute approximate surface area is 171 Å². The molecule has 9 heteroatoms. The van der Waals surface area contributed by atoms with Crippen LogP contribution in [-0.2, 0) is 0 Å². The van der Waals surface area contributed by atoms with E-state index in [0.29, 0.717) is 11.1 Å². The summed E-state index contributed by atoms with van der Waals surface area (Å²) in [6.07, 6.45) is 2.57. The molecular formula is C21H16N4O5. The second kappa shape index (κ2) is 9.20. The van der Waals surface area contributed by atoms with Gasteiger partial charge in [-0.1, -0.05) is 18.2 Å². The van der Waals surface area contributed by atoms with Gasteiger partial charge in [-0.3, -0.25) is 19.9 Å². The predicted molar refractivity (Wildman–Crippen MR) is 109 cm³/mol. The van der Waals surface area contributed by atoms with Gasteiger partial charge in [-0.2, -0.15) is 5.10 Å². The fraction of sp³-hybridized carbons (Fsp3) is 0.0476. The molecule has 9 nitrogen and oxygen atoms in total. The van der Waals surface area contributed by atoms with Crippen molar-refractivity contribution in [1.29, 1.82) is 0 Å². The Morgan fingerprint density at radius 2 is 1.87 bits per heavy atom. The molecule has 2 aromatic carbocycles. The molecule has 0 aliphatic carbocycles. The van der Waals surface area contributed by atoms with Gasteiger partial charge in [0.05, 0.1) is 22.3 Å². The van der Waals surface area contributed by atoms with Gasteiger partial charge in [-0.15, -0.1) is 0 Å². The number of aryl methyl sites for hydroxylation is 1. The van der Waals surface area contributed by atoms with Crippen LogP contribution in [0.1, 0.15) is 32.0 Å². The van der Waals surface area contributed by atoms with E-state index in [-0.39, 0.29) is 17.0 Å². The van der Waals surface area contributed by atoms with Crippen LogP contribution in [0.3, 0.4) is 0 Å². The molecule has 0 spiro atoms. The number of non-ortho nitro benzene ring substituents is 1. The molecule has 30 heavy (non-hydrogen) atoms. The number of carbonyl (C=O) groups excluding carboxylic acids is 2. The molecule has 150 valence electrons. The Balaban J connectivity index is 1.80. The smallest absolute Gasteiger partial charge is 0.343 e. The Morgan fingerprint density at radius 1 is 1.10 bits per heavy atom. The number of amides is 1. The maximum Gasteiger partial charge on any atom is 0.343 e. The lowest BCUT2D eigenvalue weighted by atomic mass is 10.2. The van der Waals surface area contributed by atoms with E-state index in [0.717, 1.165) is 5.69 Å². The normalized spacial score (nSPS) is 10.6. The molecular weight excluding hydrogens is 388 g/mol. The molecule has 3 rings (SSSR count). The molecule has 0 radical (unpaired) electrons. The van der Waals surface area contributed by atoms with E-state index in [1.165, 1.54) is 30.6 Å². The van der Waals surface area contributed by atoms with Crippen molar-refractivity contribution in [2.45, 2.75) is 6.92 Å². The lowest BCUT2D eigenvalue weighted by Gasteiger charge is -2.07. The highest BCUT2D eigenvalue weighted by Crippen LogP contribution is 2.24. The number of nitrogens with zero attached hydrogens (tertiary/aromatic N) is 3. The first-order chi connectivity index (χ1) is 14.4. The number of nitro benzene ring substituents is 1. The van der Waals surface area contributed by atoms with Crippen molar-refractivity contribution >= 4 is 23.8 Å². The number of pyridine rings is 1. The monoisotopic (exact) mass is 404 g/mol. The van der Waals surface area contributed by atoms with Gasteiger partial charge in [-0.05, 0) is 37.3 Å². The Kier molecular flexibility index (Phi) is 6.23. The molecule has 1 amide bonds. The molecule has 0 atom stereocenters. The molecule has 0 bridgehead atoms. The van der Waals surface area contributed by atoms with E-state index in [1.807, 2.05) is 0 Å². The number of aromatic nitrogens is 1. The quantitative estimate of drug-likeness (QED) is 0.221. The van der Waals surface area contributed by atoms with Crippen LogP contribution in [0.4, 0.5) is 5.69 Å². The van der Waals surface area contributed by atoms with Crippen LogP contribution < -0.4 is 10.2 Å². The van der Waals surface area contributed by atoms with Crippen molar-refractivity contribution in [2.75, 3.05) is 0 Å². The average Bonchev–Trinajstić information content (AvgIpc) is 2.75. The van der Waals surface area contributed by atoms with Crippen molar-refractivity contribution in [3.05, 3.63) is 99.4 Å². The molecule has 0 saturated heterocycles. The van der Waals surface area contributed by atoms with Gasteiger partial charge in [-0.25, -0.2) is 10.2 Å². The van der Waals surface area contributed by atoms with E-state index in [2.05, 4.69) is 15.5 Å². The summed E-state index contributed by atoms with van der Waals surface area (Å²) in [5.41, 5.74) is 3.62. The number of hydrazone groups is 1. The highest BCUT2D eigenvalue weighted by Gasteiger charge is 2.15. The van der Waals surface area contributed by atoms with Gasteiger partial charge in [0, 0.05) is 29.6 Å². The molecule has 0 aliphatic rings. The number of nitro groups is 1. The number of hydrogen-bond donors (Lipinski definition) is 1. The lowest BCUT2D eigenvalue weighted by molar-refractivity contribution is -0.384. The van der Waals surface area contributed by atoms with E-state index < -0.39 is 16.8 Å². The second-order valence-corrected chi connectivity index (χ2v) is 6.12. The summed E-state index contributed by atoms with van der Waals surface area (Å²) >= 11 is 0. The number of nitrogens with one attached hydrogen (secondary N) is 1. The van der Waals surface area contributed by atoms with Crippen LogP contribution >= 0.6 is 0 Å². The van der Waals surface area contributed by atoms with Crippen LogP contribution in [0.5, 0.6) is 5.75 Å². The van der Waals surface area contributed by atoms with Crippen molar-refractivity contribution in [2.24, 2.45) is 5.10 Å². The van der Waals surface area contributed by atoms with Crippen LogP contribution in [0.15, 0.2) is 72.0 Å². The van der Waals surface area contributed by atoms with Gasteiger partial charge in [0.1, 0.15) is 5.75 Å². The molecule has 1 aromatic heterocycles. The van der Waals surface area contributed by atoms with E-state index >= 15 is 0 Å². The summed E-state index contributed by atoms with van der Waals surface area (Å²) in [6.45, 7) is 1.79. The first-order valence-corrected chi connectivity index (χ1v) is 8.76. The van der Waals surface area contributed by atoms with Crippen molar-refractivity contribution in [3.63, 3.8) is 0 Å². The summed E-state index contributed by atoms with van der Waals surface area (Å²) < 4.78 is 5.35. The molecule has 1 N–H and O–H groups in total. The van der Waals surface area contributed by atoms with Crippen LogP contribution in [0.2, 0.25) is 0 Å². The maximum atomic E-state index is 12.3. The van der Waals surface area contributed by atoms with Crippen LogP contribution in [0, 0.1) is 17.0 Å². The largest absolute Gasteiger partial charge is 0.422 e. The zero-order valence-corrected chi connectivity index (χ0v) is 15.8. The van der Waals surface area contributed by atoms with Crippen LogP contribution in [-0.4, -0.2) is 28.0 Å². The molecule has 0 fully saturated rings. The average molecular weight is 404 g/mol. The van der Waals surface area contributed by atoms with Crippen molar-refractivity contribution < 1.29 is 19.2 Å². The van der Waals surface area contributed by atoms with Crippen LogP contribution in [0.25, 0.3) is 0 Å². The SMILES string of the molecule is Cc1ccc(C(=O)N/N=C\c2cc([N+](=O)[O-])ccc2OC(=O)c2ccccc2)cn1. The fourth-order valence-electron chi connectivity index (χ4n) is 2.40. The van der Waals surface area contributed by atoms with Crippen molar-refractivity contribution in [1.82, 2.24) is 10.4 Å².